The number of fused-ring (bicyclic) bond motifs is 1. The van der Waals surface area contributed by atoms with Gasteiger partial charge in [-0.2, -0.15) is 0 Å². The Morgan fingerprint density at radius 2 is 1.71 bits per heavy atom. The second kappa shape index (κ2) is 10.9. The first-order valence-corrected chi connectivity index (χ1v) is 11.7. The van der Waals surface area contributed by atoms with Crippen LogP contribution in [0.1, 0.15) is 84.2 Å². The Labute approximate surface area is 204 Å². The standard InChI is InChI=1S/C26H32O9/c1-5-7-9-10-15-22(24(29)30)18(27)14-19(28)23(15)34-21-12-16-17(13-20(21)32-3)26(33-4,11-8-6-2)35-25(16)31/h12-14,27-28H,5-11H2,1-4H3,(H,29,30). The Kier molecular flexibility index (Phi) is 8.11. The minimum Gasteiger partial charge on any atom is -0.507 e. The highest BCUT2D eigenvalue weighted by molar-refractivity contribution is 5.96. The minimum atomic E-state index is -1.34. The number of hydrogen-bond donors (Lipinski definition) is 3. The van der Waals surface area contributed by atoms with Gasteiger partial charge in [0.2, 0.25) is 5.79 Å². The van der Waals surface area contributed by atoms with Crippen LogP contribution in [0.4, 0.5) is 0 Å². The number of aromatic carboxylic acids is 1. The highest BCUT2D eigenvalue weighted by Crippen LogP contribution is 2.48. The first-order valence-electron chi connectivity index (χ1n) is 11.7. The quantitative estimate of drug-likeness (QED) is 0.262. The number of carbonyl (C=O) groups excluding carboxylic acids is 1. The smallest absolute Gasteiger partial charge is 0.341 e. The van der Waals surface area contributed by atoms with Crippen LogP contribution < -0.4 is 9.47 Å². The Morgan fingerprint density at radius 1 is 1.00 bits per heavy atom. The number of aromatic hydroxyl groups is 2. The lowest BCUT2D eigenvalue weighted by Gasteiger charge is -2.27. The van der Waals surface area contributed by atoms with Gasteiger partial charge in [-0.25, -0.2) is 9.59 Å². The molecule has 2 aromatic rings. The van der Waals surface area contributed by atoms with Crippen molar-refractivity contribution in [3.63, 3.8) is 0 Å². The van der Waals surface area contributed by atoms with Gasteiger partial charge >= 0.3 is 11.9 Å². The molecule has 3 rings (SSSR count). The maximum absolute atomic E-state index is 12.7. The van der Waals surface area contributed by atoms with Gasteiger partial charge in [-0.05, 0) is 31.4 Å². The molecule has 9 heteroatoms. The van der Waals surface area contributed by atoms with Crippen molar-refractivity contribution in [1.29, 1.82) is 0 Å². The SMILES string of the molecule is CCCCCc1c(Oc2cc3c(cc2OC)C(CCCC)(OC)OC3=O)c(O)cc(O)c1C(=O)O. The van der Waals surface area contributed by atoms with Crippen molar-refractivity contribution >= 4 is 11.9 Å². The number of carboxylic acid groups (broad SMARTS) is 1. The molecule has 1 heterocycles. The van der Waals surface area contributed by atoms with Crippen molar-refractivity contribution in [3.8, 4) is 28.7 Å². The Morgan fingerprint density at radius 3 is 2.31 bits per heavy atom. The van der Waals surface area contributed by atoms with E-state index in [0.29, 0.717) is 18.4 Å². The summed E-state index contributed by atoms with van der Waals surface area (Å²) >= 11 is 0. The zero-order chi connectivity index (χ0) is 25.8. The van der Waals surface area contributed by atoms with Crippen LogP contribution in [0.2, 0.25) is 0 Å². The number of unbranched alkanes of at least 4 members (excludes halogenated alkanes) is 3. The van der Waals surface area contributed by atoms with Gasteiger partial charge in [-0.15, -0.1) is 0 Å². The molecule has 190 valence electrons. The van der Waals surface area contributed by atoms with Crippen LogP contribution in [0.5, 0.6) is 28.7 Å². The fourth-order valence-corrected chi connectivity index (χ4v) is 4.33. The molecular weight excluding hydrogens is 456 g/mol. The number of phenolic OH excluding ortho intramolecular Hbond substituents is 1. The average Bonchev–Trinajstić information content (AvgIpc) is 3.10. The van der Waals surface area contributed by atoms with E-state index in [0.717, 1.165) is 31.7 Å². The van der Waals surface area contributed by atoms with Crippen LogP contribution in [0.3, 0.4) is 0 Å². The predicted octanol–water partition coefficient (Wildman–Crippen LogP) is 5.49. The molecule has 0 spiro atoms. The molecule has 35 heavy (non-hydrogen) atoms. The summed E-state index contributed by atoms with van der Waals surface area (Å²) < 4.78 is 22.8. The Hall–Kier alpha value is -3.46. The van der Waals surface area contributed by atoms with E-state index >= 15 is 0 Å². The lowest BCUT2D eigenvalue weighted by atomic mass is 9.96. The molecule has 1 atom stereocenters. The molecule has 1 unspecified atom stereocenters. The number of rotatable bonds is 12. The summed E-state index contributed by atoms with van der Waals surface area (Å²) in [6.45, 7) is 4.02. The molecule has 0 bridgehead atoms. The maximum atomic E-state index is 12.7. The largest absolute Gasteiger partial charge is 0.507 e. The predicted molar refractivity (Wildman–Crippen MR) is 127 cm³/mol. The van der Waals surface area contributed by atoms with Crippen molar-refractivity contribution in [2.75, 3.05) is 14.2 Å². The number of esters is 1. The summed E-state index contributed by atoms with van der Waals surface area (Å²) in [4.78, 5) is 24.6. The average molecular weight is 489 g/mol. The lowest BCUT2D eigenvalue weighted by Crippen LogP contribution is -2.28. The Bertz CT molecular complexity index is 1110. The van der Waals surface area contributed by atoms with E-state index in [-0.39, 0.29) is 40.4 Å². The highest BCUT2D eigenvalue weighted by Gasteiger charge is 2.46. The first-order chi connectivity index (χ1) is 16.7. The third-order valence-electron chi connectivity index (χ3n) is 6.18. The molecule has 9 nitrogen and oxygen atoms in total. The summed E-state index contributed by atoms with van der Waals surface area (Å²) in [5.74, 6) is -3.96. The summed E-state index contributed by atoms with van der Waals surface area (Å²) in [6.07, 6.45) is 4.70. The van der Waals surface area contributed by atoms with Crippen molar-refractivity contribution in [1.82, 2.24) is 0 Å². The summed E-state index contributed by atoms with van der Waals surface area (Å²) in [7, 11) is 2.90. The van der Waals surface area contributed by atoms with Gasteiger partial charge in [0, 0.05) is 30.7 Å². The third kappa shape index (κ3) is 5.00. The van der Waals surface area contributed by atoms with Gasteiger partial charge in [0.1, 0.15) is 11.3 Å². The minimum absolute atomic E-state index is 0.0830. The van der Waals surface area contributed by atoms with Crippen LogP contribution in [0, 0.1) is 0 Å². The fraction of sp³-hybridized carbons (Fsp3) is 0.462. The van der Waals surface area contributed by atoms with Gasteiger partial charge in [0.15, 0.2) is 23.0 Å². The number of carbonyl (C=O) groups is 2. The van der Waals surface area contributed by atoms with E-state index in [2.05, 4.69) is 0 Å². The molecule has 0 radical (unpaired) electrons. The number of hydrogen-bond acceptors (Lipinski definition) is 8. The fourth-order valence-electron chi connectivity index (χ4n) is 4.33. The zero-order valence-corrected chi connectivity index (χ0v) is 20.5. The van der Waals surface area contributed by atoms with Crippen molar-refractivity contribution in [2.24, 2.45) is 0 Å². The van der Waals surface area contributed by atoms with Crippen LogP contribution in [-0.2, 0) is 21.7 Å². The molecule has 1 aliphatic heterocycles. The van der Waals surface area contributed by atoms with E-state index in [4.69, 9.17) is 18.9 Å². The summed E-state index contributed by atoms with van der Waals surface area (Å²) in [5, 5.41) is 30.5. The van der Waals surface area contributed by atoms with E-state index < -0.39 is 29.2 Å². The molecule has 0 saturated heterocycles. The van der Waals surface area contributed by atoms with Gasteiger partial charge in [0.25, 0.3) is 0 Å². The molecule has 0 aliphatic carbocycles. The van der Waals surface area contributed by atoms with E-state index in [9.17, 15) is 24.9 Å². The van der Waals surface area contributed by atoms with Gasteiger partial charge in [-0.3, -0.25) is 0 Å². The van der Waals surface area contributed by atoms with E-state index in [1.165, 1.54) is 20.3 Å². The number of benzene rings is 2. The van der Waals surface area contributed by atoms with Crippen LogP contribution in [-0.4, -0.2) is 41.5 Å². The van der Waals surface area contributed by atoms with E-state index in [1.807, 2.05) is 13.8 Å². The molecule has 0 fully saturated rings. The maximum Gasteiger partial charge on any atom is 0.341 e. The van der Waals surface area contributed by atoms with Crippen molar-refractivity contribution in [3.05, 3.63) is 40.5 Å². The normalized spacial score (nSPS) is 16.6. The monoisotopic (exact) mass is 488 g/mol. The zero-order valence-electron chi connectivity index (χ0n) is 20.5. The molecule has 0 amide bonds. The van der Waals surface area contributed by atoms with Crippen LogP contribution in [0.15, 0.2) is 18.2 Å². The Balaban J connectivity index is 2.13. The van der Waals surface area contributed by atoms with Crippen molar-refractivity contribution < 1.29 is 43.9 Å². The first kappa shape index (κ1) is 26.2. The number of cyclic esters (lactones) is 1. The van der Waals surface area contributed by atoms with E-state index in [1.54, 1.807) is 6.07 Å². The van der Waals surface area contributed by atoms with Gasteiger partial charge < -0.3 is 34.3 Å². The highest BCUT2D eigenvalue weighted by atomic mass is 16.7. The van der Waals surface area contributed by atoms with Crippen molar-refractivity contribution in [2.45, 2.75) is 64.6 Å². The molecule has 0 aromatic heterocycles. The number of methoxy groups -OCH3 is 2. The molecule has 1 aliphatic rings. The molecule has 3 N–H and O–H groups in total. The van der Waals surface area contributed by atoms with Gasteiger partial charge in [0.05, 0.1) is 12.7 Å². The number of phenols is 2. The second-order valence-corrected chi connectivity index (χ2v) is 8.46. The summed E-state index contributed by atoms with van der Waals surface area (Å²) in [5.41, 5.74) is 0.546. The second-order valence-electron chi connectivity index (χ2n) is 8.46. The molecule has 2 aromatic carbocycles. The molecule has 0 saturated carbocycles. The number of carboxylic acids is 1. The van der Waals surface area contributed by atoms with Gasteiger partial charge in [-0.1, -0.05) is 33.1 Å². The third-order valence-corrected chi connectivity index (χ3v) is 6.18. The lowest BCUT2D eigenvalue weighted by molar-refractivity contribution is -0.191. The van der Waals surface area contributed by atoms with Crippen LogP contribution >= 0.6 is 0 Å². The number of ether oxygens (including phenoxy) is 4. The topological polar surface area (TPSA) is 132 Å². The van der Waals surface area contributed by atoms with Crippen LogP contribution in [0.25, 0.3) is 0 Å². The molecular formula is C26H32O9. The summed E-state index contributed by atoms with van der Waals surface area (Å²) in [6, 6.07) is 3.96.